The topological polar surface area (TPSA) is 79.6 Å². The largest absolute Gasteiger partial charge is 0.345 e. The zero-order valence-corrected chi connectivity index (χ0v) is 16.8. The van der Waals surface area contributed by atoms with Crippen molar-refractivity contribution in [3.8, 4) is 0 Å². The van der Waals surface area contributed by atoms with E-state index in [1.54, 1.807) is 12.1 Å². The van der Waals surface area contributed by atoms with E-state index in [1.807, 2.05) is 47.4 Å². The van der Waals surface area contributed by atoms with Crippen molar-refractivity contribution in [2.24, 2.45) is 0 Å². The molecule has 3 aromatic carbocycles. The minimum absolute atomic E-state index is 0.0476. The van der Waals surface area contributed by atoms with Crippen LogP contribution in [-0.4, -0.2) is 46.9 Å². The van der Waals surface area contributed by atoms with Gasteiger partial charge in [0.2, 0.25) is 0 Å². The van der Waals surface area contributed by atoms with E-state index in [4.69, 9.17) is 0 Å². The Kier molecular flexibility index (Phi) is 4.55. The molecule has 150 valence electrons. The smallest absolute Gasteiger partial charge is 0.270 e. The molecule has 0 unspecified atom stereocenters. The van der Waals surface area contributed by atoms with E-state index in [-0.39, 0.29) is 11.6 Å². The number of thiazole rings is 1. The van der Waals surface area contributed by atoms with Gasteiger partial charge >= 0.3 is 0 Å². The van der Waals surface area contributed by atoms with Crippen LogP contribution < -0.4 is 4.90 Å². The highest BCUT2D eigenvalue weighted by Gasteiger charge is 2.25. The van der Waals surface area contributed by atoms with Crippen molar-refractivity contribution >= 4 is 49.1 Å². The van der Waals surface area contributed by atoms with Crippen LogP contribution in [0.25, 0.3) is 21.0 Å². The second-order valence-electron chi connectivity index (χ2n) is 7.21. The molecule has 5 rings (SSSR count). The maximum Gasteiger partial charge on any atom is 0.270 e. The molecule has 0 atom stereocenters. The van der Waals surface area contributed by atoms with Gasteiger partial charge in [0.1, 0.15) is 0 Å². The molecule has 1 aliphatic rings. The Morgan fingerprint density at radius 3 is 2.57 bits per heavy atom. The molecule has 7 nitrogen and oxygen atoms in total. The van der Waals surface area contributed by atoms with Crippen molar-refractivity contribution in [1.29, 1.82) is 0 Å². The summed E-state index contributed by atoms with van der Waals surface area (Å²) in [6.07, 6.45) is 0. The lowest BCUT2D eigenvalue weighted by atomic mass is 10.0. The van der Waals surface area contributed by atoms with Gasteiger partial charge in [-0.15, -0.1) is 0 Å². The van der Waals surface area contributed by atoms with Crippen molar-refractivity contribution in [3.05, 3.63) is 76.3 Å². The highest BCUT2D eigenvalue weighted by atomic mass is 32.1. The first kappa shape index (κ1) is 18.5. The molecule has 1 fully saturated rings. The SMILES string of the molecule is O=C(c1cccc2ccccc12)N1CCN(c2nc3ccc([N+](=O)[O-])cc3s2)CC1. The predicted molar refractivity (Wildman–Crippen MR) is 118 cm³/mol. The number of piperazine rings is 1. The molecule has 8 heteroatoms. The normalized spacial score (nSPS) is 14.4. The van der Waals surface area contributed by atoms with Gasteiger partial charge in [0.05, 0.1) is 15.1 Å². The molecule has 0 saturated carbocycles. The third-order valence-electron chi connectivity index (χ3n) is 5.43. The number of nitrogens with zero attached hydrogens (tertiary/aromatic N) is 4. The number of carbonyl (C=O) groups is 1. The Bertz CT molecular complexity index is 1270. The lowest BCUT2D eigenvalue weighted by molar-refractivity contribution is -0.384. The van der Waals surface area contributed by atoms with Crippen LogP contribution in [0.2, 0.25) is 0 Å². The molecule has 30 heavy (non-hydrogen) atoms. The van der Waals surface area contributed by atoms with E-state index < -0.39 is 4.92 Å². The summed E-state index contributed by atoms with van der Waals surface area (Å²) in [6.45, 7) is 2.58. The van der Waals surface area contributed by atoms with Gasteiger partial charge in [-0.2, -0.15) is 0 Å². The first-order valence-corrected chi connectivity index (χ1v) is 10.5. The molecule has 0 aliphatic carbocycles. The van der Waals surface area contributed by atoms with Gasteiger partial charge in [-0.05, 0) is 22.9 Å². The third-order valence-corrected chi connectivity index (χ3v) is 6.51. The maximum absolute atomic E-state index is 13.1. The molecule has 1 amide bonds. The average Bonchev–Trinajstić information content (AvgIpc) is 3.22. The fourth-order valence-corrected chi connectivity index (χ4v) is 4.88. The number of aromatic nitrogens is 1. The van der Waals surface area contributed by atoms with Gasteiger partial charge in [-0.25, -0.2) is 4.98 Å². The zero-order valence-electron chi connectivity index (χ0n) is 16.0. The quantitative estimate of drug-likeness (QED) is 0.366. The summed E-state index contributed by atoms with van der Waals surface area (Å²) >= 11 is 1.45. The second kappa shape index (κ2) is 7.38. The Hall–Kier alpha value is -3.52. The molecule has 0 radical (unpaired) electrons. The molecular weight excluding hydrogens is 400 g/mol. The van der Waals surface area contributed by atoms with E-state index in [0.29, 0.717) is 26.2 Å². The molecule has 1 saturated heterocycles. The van der Waals surface area contributed by atoms with Gasteiger partial charge in [-0.3, -0.25) is 14.9 Å². The fourth-order valence-electron chi connectivity index (χ4n) is 3.83. The van der Waals surface area contributed by atoms with E-state index in [0.717, 1.165) is 31.7 Å². The Labute approximate surface area is 176 Å². The minimum Gasteiger partial charge on any atom is -0.345 e. The van der Waals surface area contributed by atoms with Crippen LogP contribution in [0, 0.1) is 10.1 Å². The molecule has 4 aromatic rings. The summed E-state index contributed by atoms with van der Waals surface area (Å²) in [6, 6.07) is 18.5. The summed E-state index contributed by atoms with van der Waals surface area (Å²) in [7, 11) is 0. The van der Waals surface area contributed by atoms with Gasteiger partial charge in [0, 0.05) is 43.9 Å². The Balaban J connectivity index is 1.33. The van der Waals surface area contributed by atoms with Gasteiger partial charge in [0.25, 0.3) is 11.6 Å². The Morgan fingerprint density at radius 2 is 1.77 bits per heavy atom. The summed E-state index contributed by atoms with van der Waals surface area (Å²) in [5.74, 6) is 0.0476. The number of hydrogen-bond acceptors (Lipinski definition) is 6. The highest BCUT2D eigenvalue weighted by molar-refractivity contribution is 7.22. The fraction of sp³-hybridized carbons (Fsp3) is 0.182. The summed E-state index contributed by atoms with van der Waals surface area (Å²) in [4.78, 5) is 32.4. The lowest BCUT2D eigenvalue weighted by Gasteiger charge is -2.34. The van der Waals surface area contributed by atoms with Crippen molar-refractivity contribution in [2.45, 2.75) is 0 Å². The standard InChI is InChI=1S/C22H18N4O3S/c27-21(18-7-3-5-15-4-1-2-6-17(15)18)24-10-12-25(13-11-24)22-23-19-9-8-16(26(28)29)14-20(19)30-22/h1-9,14H,10-13H2. The Morgan fingerprint density at radius 1 is 1.00 bits per heavy atom. The molecule has 0 bridgehead atoms. The summed E-state index contributed by atoms with van der Waals surface area (Å²) < 4.78 is 0.800. The van der Waals surface area contributed by atoms with Crippen LogP contribution in [0.4, 0.5) is 10.8 Å². The van der Waals surface area contributed by atoms with Crippen LogP contribution in [0.1, 0.15) is 10.4 Å². The average molecular weight is 418 g/mol. The molecule has 0 N–H and O–H groups in total. The first-order chi connectivity index (χ1) is 14.6. The number of nitro groups is 1. The maximum atomic E-state index is 13.1. The molecule has 2 heterocycles. The van der Waals surface area contributed by atoms with Crippen molar-refractivity contribution in [1.82, 2.24) is 9.88 Å². The van der Waals surface area contributed by atoms with Gasteiger partial charge in [-0.1, -0.05) is 47.7 Å². The molecular formula is C22H18N4O3S. The number of benzene rings is 3. The van der Waals surface area contributed by atoms with Gasteiger partial charge < -0.3 is 9.80 Å². The number of rotatable bonds is 3. The number of non-ortho nitro benzene ring substituents is 1. The molecule has 1 aliphatic heterocycles. The van der Waals surface area contributed by atoms with Crippen molar-refractivity contribution in [3.63, 3.8) is 0 Å². The van der Waals surface area contributed by atoms with E-state index in [9.17, 15) is 14.9 Å². The van der Waals surface area contributed by atoms with E-state index in [2.05, 4.69) is 9.88 Å². The first-order valence-electron chi connectivity index (χ1n) is 9.67. The van der Waals surface area contributed by atoms with Crippen LogP contribution in [-0.2, 0) is 0 Å². The highest BCUT2D eigenvalue weighted by Crippen LogP contribution is 2.32. The number of anilines is 1. The minimum atomic E-state index is -0.392. The predicted octanol–water partition coefficient (Wildman–Crippen LogP) is 4.32. The van der Waals surface area contributed by atoms with Crippen molar-refractivity contribution in [2.75, 3.05) is 31.1 Å². The second-order valence-corrected chi connectivity index (χ2v) is 8.22. The van der Waals surface area contributed by atoms with E-state index >= 15 is 0 Å². The van der Waals surface area contributed by atoms with Crippen LogP contribution in [0.3, 0.4) is 0 Å². The summed E-state index contributed by atoms with van der Waals surface area (Å²) in [5.41, 5.74) is 1.56. The zero-order chi connectivity index (χ0) is 20.7. The van der Waals surface area contributed by atoms with E-state index in [1.165, 1.54) is 17.4 Å². The number of hydrogen-bond donors (Lipinski definition) is 0. The van der Waals surface area contributed by atoms with Gasteiger partial charge in [0.15, 0.2) is 5.13 Å². The molecule has 0 spiro atoms. The van der Waals surface area contributed by atoms with Crippen LogP contribution >= 0.6 is 11.3 Å². The monoisotopic (exact) mass is 418 g/mol. The number of fused-ring (bicyclic) bond motifs is 2. The molecule has 1 aromatic heterocycles. The number of carbonyl (C=O) groups excluding carboxylic acids is 1. The van der Waals surface area contributed by atoms with Crippen LogP contribution in [0.5, 0.6) is 0 Å². The lowest BCUT2D eigenvalue weighted by Crippen LogP contribution is -2.48. The van der Waals surface area contributed by atoms with Crippen LogP contribution in [0.15, 0.2) is 60.7 Å². The number of nitro benzene ring substituents is 1. The number of amides is 1. The summed E-state index contributed by atoms with van der Waals surface area (Å²) in [5, 5.41) is 13.9. The third kappa shape index (κ3) is 3.25. The van der Waals surface area contributed by atoms with Crippen molar-refractivity contribution < 1.29 is 9.72 Å².